The van der Waals surface area contributed by atoms with Crippen molar-refractivity contribution in [3.05, 3.63) is 30.1 Å². The van der Waals surface area contributed by atoms with E-state index in [4.69, 9.17) is 10.00 Å². The van der Waals surface area contributed by atoms with Crippen LogP contribution in [0.5, 0.6) is 5.88 Å². The van der Waals surface area contributed by atoms with Crippen LogP contribution in [0.15, 0.2) is 24.5 Å². The summed E-state index contributed by atoms with van der Waals surface area (Å²) in [7, 11) is 0. The van der Waals surface area contributed by atoms with E-state index < -0.39 is 0 Å². The molecule has 2 heterocycles. The van der Waals surface area contributed by atoms with E-state index in [0.29, 0.717) is 12.3 Å². The highest BCUT2D eigenvalue weighted by Gasteiger charge is 2.17. The van der Waals surface area contributed by atoms with Gasteiger partial charge in [-0.15, -0.1) is 0 Å². The third-order valence-electron chi connectivity index (χ3n) is 3.56. The highest BCUT2D eigenvalue weighted by molar-refractivity contribution is 5.75. The number of fused-ring (bicyclic) bond motifs is 1. The minimum Gasteiger partial charge on any atom is -0.473 e. The van der Waals surface area contributed by atoms with Crippen LogP contribution in [0.25, 0.3) is 11.2 Å². The summed E-state index contributed by atoms with van der Waals surface area (Å²) in [4.78, 5) is 12.0. The predicted molar refractivity (Wildman–Crippen MR) is 75.2 cm³/mol. The lowest BCUT2D eigenvalue weighted by atomic mass is 10.2. The van der Waals surface area contributed by atoms with Gasteiger partial charge in [0.15, 0.2) is 5.65 Å². The van der Waals surface area contributed by atoms with Crippen molar-refractivity contribution in [3.8, 4) is 11.9 Å². The number of ether oxygens (including phenoxy) is 1. The van der Waals surface area contributed by atoms with Crippen molar-refractivity contribution in [3.63, 3.8) is 0 Å². The number of allylic oxidation sites excluding steroid dienone is 2. The van der Waals surface area contributed by atoms with Gasteiger partial charge in [0.1, 0.15) is 11.6 Å². The Morgan fingerprint density at radius 2 is 2.30 bits per heavy atom. The number of nitrogens with one attached hydrogen (secondary N) is 1. The summed E-state index contributed by atoms with van der Waals surface area (Å²) in [6, 6.07) is 1.99. The number of nitrogens with zero attached hydrogens (tertiary/aromatic N) is 3. The van der Waals surface area contributed by atoms with Gasteiger partial charge in [-0.3, -0.25) is 0 Å². The summed E-state index contributed by atoms with van der Waals surface area (Å²) in [5.41, 5.74) is 2.60. The molecule has 5 heteroatoms. The molecule has 2 aromatic heterocycles. The molecule has 2 aromatic rings. The van der Waals surface area contributed by atoms with Gasteiger partial charge in [0.2, 0.25) is 5.88 Å². The average molecular weight is 268 g/mol. The Balaban J connectivity index is 1.82. The van der Waals surface area contributed by atoms with Gasteiger partial charge >= 0.3 is 0 Å². The van der Waals surface area contributed by atoms with Crippen molar-refractivity contribution in [2.75, 3.05) is 0 Å². The van der Waals surface area contributed by atoms with Gasteiger partial charge in [-0.2, -0.15) is 5.26 Å². The second-order valence-electron chi connectivity index (χ2n) is 4.98. The van der Waals surface area contributed by atoms with E-state index in [2.05, 4.69) is 15.0 Å². The van der Waals surface area contributed by atoms with E-state index in [1.165, 1.54) is 18.9 Å². The van der Waals surface area contributed by atoms with Crippen molar-refractivity contribution in [1.82, 2.24) is 15.0 Å². The van der Waals surface area contributed by atoms with E-state index in [1.54, 1.807) is 6.20 Å². The first kappa shape index (κ1) is 12.7. The van der Waals surface area contributed by atoms with Crippen molar-refractivity contribution in [2.24, 2.45) is 0 Å². The van der Waals surface area contributed by atoms with E-state index in [9.17, 15) is 0 Å². The van der Waals surface area contributed by atoms with Gasteiger partial charge in [0.25, 0.3) is 0 Å². The van der Waals surface area contributed by atoms with Crippen LogP contribution >= 0.6 is 0 Å². The third-order valence-corrected chi connectivity index (χ3v) is 3.56. The molecular weight excluding hydrogens is 252 g/mol. The van der Waals surface area contributed by atoms with E-state index in [1.807, 2.05) is 18.3 Å². The first-order chi connectivity index (χ1) is 9.86. The van der Waals surface area contributed by atoms with Gasteiger partial charge in [0.05, 0.1) is 12.3 Å². The second-order valence-corrected chi connectivity index (χ2v) is 4.98. The lowest BCUT2D eigenvalue weighted by Crippen LogP contribution is -2.12. The summed E-state index contributed by atoms with van der Waals surface area (Å²) < 4.78 is 5.88. The van der Waals surface area contributed by atoms with Crippen LogP contribution in [0.3, 0.4) is 0 Å². The first-order valence-corrected chi connectivity index (χ1v) is 6.91. The number of H-pyrrole nitrogens is 1. The SMILES string of the molecule is N#C/C=C/Cc1c[nH]c2ncc(OC3CCCC3)nc12. The number of hydrogen-bond donors (Lipinski definition) is 1. The molecule has 1 saturated carbocycles. The standard InChI is InChI=1S/C15H16N4O/c16-8-4-3-5-11-9-17-15-14(11)19-13(10-18-15)20-12-6-1-2-7-12/h3-4,9-10,12H,1-2,5-7H2,(H,17,18)/b4-3+. The Hall–Kier alpha value is -2.35. The minimum atomic E-state index is 0.280. The van der Waals surface area contributed by atoms with Crippen LogP contribution in [-0.4, -0.2) is 21.1 Å². The zero-order valence-electron chi connectivity index (χ0n) is 11.2. The smallest absolute Gasteiger partial charge is 0.233 e. The fourth-order valence-corrected chi connectivity index (χ4v) is 2.55. The molecule has 0 unspecified atom stereocenters. The third kappa shape index (κ3) is 2.64. The first-order valence-electron chi connectivity index (χ1n) is 6.91. The normalized spacial score (nSPS) is 15.9. The maximum atomic E-state index is 8.52. The van der Waals surface area contributed by atoms with Crippen LogP contribution in [0.1, 0.15) is 31.2 Å². The maximum absolute atomic E-state index is 8.52. The number of nitriles is 1. The molecule has 0 aliphatic heterocycles. The van der Waals surface area contributed by atoms with Gasteiger partial charge in [-0.05, 0) is 32.1 Å². The molecule has 0 radical (unpaired) electrons. The van der Waals surface area contributed by atoms with Crippen LogP contribution in [0.4, 0.5) is 0 Å². The zero-order chi connectivity index (χ0) is 13.8. The van der Waals surface area contributed by atoms with Crippen LogP contribution < -0.4 is 4.74 Å². The Kier molecular flexibility index (Phi) is 3.64. The summed E-state index contributed by atoms with van der Waals surface area (Å²) in [5, 5.41) is 8.52. The summed E-state index contributed by atoms with van der Waals surface area (Å²) in [6.45, 7) is 0. The van der Waals surface area contributed by atoms with E-state index in [0.717, 1.165) is 29.6 Å². The van der Waals surface area contributed by atoms with Gasteiger partial charge < -0.3 is 9.72 Å². The molecule has 0 amide bonds. The van der Waals surface area contributed by atoms with Crippen molar-refractivity contribution >= 4 is 11.2 Å². The van der Waals surface area contributed by atoms with E-state index >= 15 is 0 Å². The second kappa shape index (κ2) is 5.74. The Labute approximate surface area is 117 Å². The van der Waals surface area contributed by atoms with Gasteiger partial charge in [-0.25, -0.2) is 9.97 Å². The lowest BCUT2D eigenvalue weighted by Gasteiger charge is -2.11. The summed E-state index contributed by atoms with van der Waals surface area (Å²) in [6.07, 6.45) is 12.5. The summed E-state index contributed by atoms with van der Waals surface area (Å²) >= 11 is 0. The fraction of sp³-hybridized carbons (Fsp3) is 0.400. The van der Waals surface area contributed by atoms with Crippen molar-refractivity contribution in [2.45, 2.75) is 38.2 Å². The molecule has 0 bridgehead atoms. The Morgan fingerprint density at radius 3 is 3.10 bits per heavy atom. The maximum Gasteiger partial charge on any atom is 0.233 e. The fourth-order valence-electron chi connectivity index (χ4n) is 2.55. The minimum absolute atomic E-state index is 0.280. The topological polar surface area (TPSA) is 74.6 Å². The molecule has 5 nitrogen and oxygen atoms in total. The van der Waals surface area contributed by atoms with Gasteiger partial charge in [0, 0.05) is 17.8 Å². The molecular formula is C15H16N4O. The number of aromatic amines is 1. The number of rotatable bonds is 4. The lowest BCUT2D eigenvalue weighted by molar-refractivity contribution is 0.201. The molecule has 1 N–H and O–H groups in total. The Bertz CT molecular complexity index is 662. The van der Waals surface area contributed by atoms with Crippen molar-refractivity contribution in [1.29, 1.82) is 5.26 Å². The van der Waals surface area contributed by atoms with Crippen LogP contribution in [0, 0.1) is 11.3 Å². The average Bonchev–Trinajstić information content (AvgIpc) is 3.09. The molecule has 0 spiro atoms. The quantitative estimate of drug-likeness (QED) is 0.865. The molecule has 20 heavy (non-hydrogen) atoms. The highest BCUT2D eigenvalue weighted by Crippen LogP contribution is 2.24. The zero-order valence-corrected chi connectivity index (χ0v) is 11.2. The van der Waals surface area contributed by atoms with Gasteiger partial charge in [-0.1, -0.05) is 6.08 Å². The summed E-state index contributed by atoms with van der Waals surface area (Å²) in [5.74, 6) is 0.592. The molecule has 0 atom stereocenters. The molecule has 3 rings (SSSR count). The molecule has 1 aliphatic carbocycles. The van der Waals surface area contributed by atoms with Crippen LogP contribution in [0.2, 0.25) is 0 Å². The molecule has 1 aliphatic rings. The predicted octanol–water partition coefficient (Wildman–Crippen LogP) is 2.90. The van der Waals surface area contributed by atoms with Crippen molar-refractivity contribution < 1.29 is 4.74 Å². The van der Waals surface area contributed by atoms with E-state index in [-0.39, 0.29) is 6.10 Å². The largest absolute Gasteiger partial charge is 0.473 e. The highest BCUT2D eigenvalue weighted by atomic mass is 16.5. The molecule has 0 aromatic carbocycles. The number of aromatic nitrogens is 3. The molecule has 0 saturated heterocycles. The molecule has 1 fully saturated rings. The van der Waals surface area contributed by atoms with Crippen LogP contribution in [-0.2, 0) is 6.42 Å². The monoisotopic (exact) mass is 268 g/mol. The Morgan fingerprint density at radius 1 is 1.45 bits per heavy atom. The number of hydrogen-bond acceptors (Lipinski definition) is 4. The molecule has 102 valence electrons.